The van der Waals surface area contributed by atoms with Crippen LogP contribution in [0.5, 0.6) is 5.75 Å². The molecule has 5 rings (SSSR count). The van der Waals surface area contributed by atoms with Crippen LogP contribution in [0.2, 0.25) is 0 Å². The Morgan fingerprint density at radius 1 is 0.310 bits per heavy atom. The number of ether oxygens (including phenoxy) is 11. The number of carboxylic acids is 1. The highest BCUT2D eigenvalue weighted by molar-refractivity contribution is 6.00. The maximum absolute atomic E-state index is 14.3. The van der Waals surface area contributed by atoms with Crippen LogP contribution >= 0.6 is 0 Å². The predicted octanol–water partition coefficient (Wildman–Crippen LogP) is 8.39. The van der Waals surface area contributed by atoms with Crippen LogP contribution in [0.4, 0.5) is 0 Å². The largest absolute Gasteiger partial charge is 0.492 e. The Morgan fingerprint density at radius 3 is 0.931 bits per heavy atom. The number of amides is 13. The molecule has 13 amide bonds. The molecule has 0 aliphatic carbocycles. The van der Waals surface area contributed by atoms with Gasteiger partial charge in [0.25, 0.3) is 11.8 Å². The number of nitrogens with one attached hydrogen (secondary N) is 13. The molecule has 145 heavy (non-hydrogen) atoms. The fourth-order valence-electron chi connectivity index (χ4n) is 18.7. The molecule has 0 aromatic heterocycles. The molecule has 4 saturated heterocycles. The number of carboxylic acid groups (broad SMARTS) is 1. The second kappa shape index (κ2) is 70.2. The highest BCUT2D eigenvalue weighted by atomic mass is 16.7. The fourth-order valence-corrected chi connectivity index (χ4v) is 18.7. The van der Waals surface area contributed by atoms with Crippen LogP contribution in [-0.2, 0) is 114 Å². The van der Waals surface area contributed by atoms with E-state index in [0.717, 1.165) is 51.4 Å². The normalized spacial score (nSPS) is 24.2. The van der Waals surface area contributed by atoms with Crippen LogP contribution in [0.25, 0.3) is 0 Å². The van der Waals surface area contributed by atoms with Gasteiger partial charge in [0, 0.05) is 169 Å². The molecule has 22 atom stereocenters. The predicted molar refractivity (Wildman–Crippen MR) is 539 cm³/mol. The molecular formula is C104H175N13O28. The fraction of sp³-hybridized carbons (Fsp3) is 0.788. The second-order valence-corrected chi connectivity index (χ2v) is 39.0. The summed E-state index contributed by atoms with van der Waals surface area (Å²) in [6.07, 6.45) is 10.6. The Labute approximate surface area is 857 Å². The van der Waals surface area contributed by atoms with Crippen molar-refractivity contribution in [3.63, 3.8) is 0 Å². The monoisotopic (exact) mass is 2050 g/mol. The number of benzene rings is 1. The molecule has 824 valence electrons. The Hall–Kier alpha value is -9.78. The van der Waals surface area contributed by atoms with Crippen LogP contribution < -0.4 is 73.9 Å². The zero-order valence-corrected chi connectivity index (χ0v) is 89.0. The standard InChI is InChI=1S/C104H175N13O28/c1-17-81-64(5)66(7)91(112-70(11)118)101(142-81)136-56-37-31-44-85(124)105-49-35-29-41-79(116-88(127)46-33-39-58-137-102-92(113-71(12)119)67(8)65(6)82(18-2)143-102)99(133)110-53-51-108-97(131)76-61-77(63-78(62-76)135-60-55-107-87(126)43-27-25-23-21-22-24-26-28-48-90(129)130)98(132)109-52-54-111-100(134)80(117-89(128)47-34-40-59-139-104-94(115-73(14)121)69(10)96(141-75(16)123)84(20-4)145-104)42-30-36-50-106-86(125)45-32-38-57-138-103-93(114-72(13)120)68(9)95(140-74(15)122)83(19-3)144-103/h61-69,79-84,91-96,101-104H,17-60H2,1-16H3,(H,105,124)(H,106,125)(H,107,126)(H,108,131)(H,109,132)(H,110,133)(H,111,134)(H,112,118)(H,113,119)(H,114,120)(H,115,121)(H,116,127)(H,117,128)(H,129,130)/t64?,65?,66?,67?,68?,69?,79-,80-,81?,82?,83?,84?,91?,92?,93?,94?,95?,96?,101?,102?,103?,104?/m0/s1. The molecule has 41 nitrogen and oxygen atoms in total. The van der Waals surface area contributed by atoms with E-state index in [-0.39, 0.29) is 235 Å². The number of carbonyl (C=O) groups is 16. The van der Waals surface area contributed by atoms with Gasteiger partial charge in [0.15, 0.2) is 25.2 Å². The summed E-state index contributed by atoms with van der Waals surface area (Å²) >= 11 is 0. The molecule has 4 heterocycles. The van der Waals surface area contributed by atoms with Crippen LogP contribution in [0.1, 0.15) is 337 Å². The van der Waals surface area contributed by atoms with Crippen molar-refractivity contribution in [2.24, 2.45) is 35.5 Å². The second-order valence-electron chi connectivity index (χ2n) is 39.0. The van der Waals surface area contributed by atoms with Crippen molar-refractivity contribution in [2.45, 2.75) is 414 Å². The van der Waals surface area contributed by atoms with Gasteiger partial charge in [-0.15, -0.1) is 0 Å². The summed E-state index contributed by atoms with van der Waals surface area (Å²) in [7, 11) is 0. The summed E-state index contributed by atoms with van der Waals surface area (Å²) in [4.78, 5) is 208. The number of esters is 2. The van der Waals surface area contributed by atoms with E-state index >= 15 is 0 Å². The molecule has 4 fully saturated rings. The van der Waals surface area contributed by atoms with E-state index in [4.69, 9.17) is 57.2 Å². The molecule has 41 heteroatoms. The maximum Gasteiger partial charge on any atom is 0.303 e. The van der Waals surface area contributed by atoms with E-state index in [2.05, 4.69) is 104 Å². The van der Waals surface area contributed by atoms with Gasteiger partial charge >= 0.3 is 17.9 Å². The Kier molecular flexibility index (Phi) is 60.8. The van der Waals surface area contributed by atoms with Gasteiger partial charge in [0.05, 0.1) is 55.1 Å². The van der Waals surface area contributed by atoms with E-state index in [0.29, 0.717) is 116 Å². The smallest absolute Gasteiger partial charge is 0.303 e. The van der Waals surface area contributed by atoms with E-state index in [1.165, 1.54) is 59.7 Å². The maximum atomic E-state index is 14.3. The van der Waals surface area contributed by atoms with Gasteiger partial charge in [0.1, 0.15) is 36.6 Å². The highest BCUT2D eigenvalue weighted by Crippen LogP contribution is 2.37. The SMILES string of the molecule is CCC1OC(OCCCCC(=O)NCCCC[C@H](NC(=O)CCCCOC2OC(CC)C(C)C(C)C2NC(C)=O)C(=O)NCCNC(=O)c2cc(OCCNC(=O)CCCCCCCCCCC(=O)O)cc(C(=O)NCCNC(=O)[C@H](CCCCNC(=O)CCCCOC3OC(CC)C(OC(C)=O)C(C)C3NC(C)=O)NC(=O)CCCCOC3OC(CC)C(OC(C)=O)C(C)C3NC(C)=O)c2)C(NC(C)=O)C(C)C1C. The number of carbonyl (C=O) groups excluding carboxylic acids is 15. The molecule has 4 aliphatic heterocycles. The molecule has 20 unspecified atom stereocenters. The Bertz CT molecular complexity index is 4130. The highest BCUT2D eigenvalue weighted by Gasteiger charge is 2.49. The van der Waals surface area contributed by atoms with Crippen molar-refractivity contribution in [3.05, 3.63) is 29.3 Å². The van der Waals surface area contributed by atoms with Gasteiger partial charge in [0.2, 0.25) is 65.0 Å². The van der Waals surface area contributed by atoms with Crippen molar-refractivity contribution < 1.29 is 134 Å². The quantitative estimate of drug-likeness (QED) is 0.0215. The van der Waals surface area contributed by atoms with Crippen LogP contribution in [-0.4, -0.2) is 277 Å². The molecular weight excluding hydrogens is 1880 g/mol. The first-order valence-electron chi connectivity index (χ1n) is 53.3. The third-order valence-electron chi connectivity index (χ3n) is 27.2. The number of unbranched alkanes of at least 4 members (excludes halogenated alkanes) is 13. The summed E-state index contributed by atoms with van der Waals surface area (Å²) in [5.74, 6) is -6.68. The summed E-state index contributed by atoms with van der Waals surface area (Å²) in [5, 5.41) is 46.4. The van der Waals surface area contributed by atoms with Gasteiger partial charge in [-0.1, -0.05) is 108 Å². The first kappa shape index (κ1) is 126. The third-order valence-corrected chi connectivity index (χ3v) is 27.2. The third kappa shape index (κ3) is 48.4. The average Bonchev–Trinajstić information content (AvgIpc) is 0.804. The number of hydrogen-bond donors (Lipinski definition) is 14. The minimum absolute atomic E-state index is 0.0145. The van der Waals surface area contributed by atoms with Crippen LogP contribution in [0.15, 0.2) is 18.2 Å². The number of rotatable bonds is 71. The van der Waals surface area contributed by atoms with Crippen LogP contribution in [0.3, 0.4) is 0 Å². The van der Waals surface area contributed by atoms with Crippen molar-refractivity contribution in [1.82, 2.24) is 69.1 Å². The number of aliphatic carboxylic acids is 1. The van der Waals surface area contributed by atoms with Gasteiger partial charge in [-0.25, -0.2) is 0 Å². The molecule has 0 radical (unpaired) electrons. The Balaban J connectivity index is 1.25. The summed E-state index contributed by atoms with van der Waals surface area (Å²) in [5.41, 5.74) is -0.0436. The molecule has 1 aromatic rings. The van der Waals surface area contributed by atoms with Crippen molar-refractivity contribution in [2.75, 3.05) is 78.8 Å². The van der Waals surface area contributed by atoms with Gasteiger partial charge in [-0.3, -0.25) is 76.7 Å². The van der Waals surface area contributed by atoms with E-state index in [9.17, 15) is 76.7 Å². The van der Waals surface area contributed by atoms with E-state index in [1.807, 2.05) is 34.6 Å². The average molecular weight is 2060 g/mol. The van der Waals surface area contributed by atoms with Crippen LogP contribution in [0, 0.1) is 35.5 Å². The minimum atomic E-state index is -1.07. The van der Waals surface area contributed by atoms with Gasteiger partial charge < -0.3 is 126 Å². The van der Waals surface area contributed by atoms with Crippen molar-refractivity contribution in [1.29, 1.82) is 0 Å². The first-order valence-corrected chi connectivity index (χ1v) is 53.3. The lowest BCUT2D eigenvalue weighted by Crippen LogP contribution is -2.61. The number of hydrogen-bond acceptors (Lipinski definition) is 27. The van der Waals surface area contributed by atoms with Gasteiger partial charge in [-0.05, 0) is 170 Å². The van der Waals surface area contributed by atoms with Crippen molar-refractivity contribution in [3.8, 4) is 5.75 Å². The molecule has 1 aromatic carbocycles. The lowest BCUT2D eigenvalue weighted by Gasteiger charge is -2.44. The lowest BCUT2D eigenvalue weighted by molar-refractivity contribution is -0.256. The summed E-state index contributed by atoms with van der Waals surface area (Å²) in [6, 6.07) is 0.117. The minimum Gasteiger partial charge on any atom is -0.492 e. The van der Waals surface area contributed by atoms with Crippen molar-refractivity contribution >= 4 is 94.7 Å². The van der Waals surface area contributed by atoms with Gasteiger partial charge in [-0.2, -0.15) is 0 Å². The van der Waals surface area contributed by atoms with E-state index in [1.54, 1.807) is 0 Å². The van der Waals surface area contributed by atoms with E-state index < -0.39 is 127 Å². The zero-order chi connectivity index (χ0) is 107. The first-order chi connectivity index (χ1) is 69.3. The molecule has 0 spiro atoms. The summed E-state index contributed by atoms with van der Waals surface area (Å²) < 4.78 is 67.0. The molecule has 0 bridgehead atoms. The Morgan fingerprint density at radius 2 is 0.607 bits per heavy atom. The zero-order valence-electron chi connectivity index (χ0n) is 89.0. The molecule has 4 aliphatic rings. The topological polar surface area (TPSA) is 551 Å². The lowest BCUT2D eigenvalue weighted by atomic mass is 9.81. The molecule has 14 N–H and O–H groups in total. The summed E-state index contributed by atoms with van der Waals surface area (Å²) in [6.45, 7) is 29.2. The molecule has 0 saturated carbocycles.